The van der Waals surface area contributed by atoms with Crippen LogP contribution in [0.5, 0.6) is 0 Å². The van der Waals surface area contributed by atoms with Crippen molar-refractivity contribution < 1.29 is 19.1 Å². The Morgan fingerprint density at radius 3 is 2.47 bits per heavy atom. The van der Waals surface area contributed by atoms with E-state index in [2.05, 4.69) is 12.6 Å². The van der Waals surface area contributed by atoms with Crippen molar-refractivity contribution >= 4 is 24.6 Å². The number of thiol groups is 1. The van der Waals surface area contributed by atoms with Gasteiger partial charge in [0.25, 0.3) is 0 Å². The molecule has 4 nitrogen and oxygen atoms in total. The Morgan fingerprint density at radius 2 is 1.93 bits per heavy atom. The molecule has 0 radical (unpaired) electrons. The summed E-state index contributed by atoms with van der Waals surface area (Å²) in [5.74, 6) is -0.884. The number of carbonyl (C=O) groups excluding carboxylic acids is 2. The van der Waals surface area contributed by atoms with Crippen LogP contribution in [0.2, 0.25) is 0 Å². The number of hydrogen-bond acceptors (Lipinski definition) is 5. The number of rotatable bonds is 7. The SMILES string of the molecule is CCCCOC(=O)C(S)CC(=O)OCC. The van der Waals surface area contributed by atoms with E-state index in [0.29, 0.717) is 13.2 Å². The standard InChI is InChI=1S/C10H18O4S/c1-3-5-6-14-10(12)8(15)7-9(11)13-4-2/h8,15H,3-7H2,1-2H3. The van der Waals surface area contributed by atoms with Crippen LogP contribution < -0.4 is 0 Å². The van der Waals surface area contributed by atoms with Crippen molar-refractivity contribution in [2.24, 2.45) is 0 Å². The average Bonchev–Trinajstić information content (AvgIpc) is 2.18. The molecule has 0 aliphatic carbocycles. The highest BCUT2D eigenvalue weighted by atomic mass is 32.1. The molecule has 0 aromatic heterocycles. The molecule has 1 atom stereocenters. The van der Waals surface area contributed by atoms with Gasteiger partial charge in [0.1, 0.15) is 5.25 Å². The lowest BCUT2D eigenvalue weighted by molar-refractivity contribution is -0.149. The summed E-state index contributed by atoms with van der Waals surface area (Å²) in [7, 11) is 0. The van der Waals surface area contributed by atoms with Gasteiger partial charge in [-0.05, 0) is 13.3 Å². The average molecular weight is 234 g/mol. The molecule has 0 aliphatic heterocycles. The molecule has 0 saturated heterocycles. The van der Waals surface area contributed by atoms with E-state index in [0.717, 1.165) is 12.8 Å². The van der Waals surface area contributed by atoms with Crippen LogP contribution in [0, 0.1) is 0 Å². The largest absolute Gasteiger partial charge is 0.466 e. The lowest BCUT2D eigenvalue weighted by Gasteiger charge is -2.09. The number of carbonyl (C=O) groups is 2. The van der Waals surface area contributed by atoms with Gasteiger partial charge in [-0.3, -0.25) is 9.59 Å². The summed E-state index contributed by atoms with van der Waals surface area (Å²) < 4.78 is 9.59. The first-order valence-electron chi connectivity index (χ1n) is 5.12. The quantitative estimate of drug-likeness (QED) is 0.413. The van der Waals surface area contributed by atoms with Gasteiger partial charge >= 0.3 is 11.9 Å². The topological polar surface area (TPSA) is 52.6 Å². The van der Waals surface area contributed by atoms with E-state index in [1.165, 1.54) is 0 Å². The third kappa shape index (κ3) is 7.25. The van der Waals surface area contributed by atoms with Gasteiger partial charge in [-0.1, -0.05) is 13.3 Å². The molecule has 0 saturated carbocycles. The van der Waals surface area contributed by atoms with Gasteiger partial charge in [0.15, 0.2) is 0 Å². The second kappa shape index (κ2) is 8.59. The van der Waals surface area contributed by atoms with Gasteiger partial charge in [-0.25, -0.2) is 0 Å². The Hall–Kier alpha value is -0.710. The molecule has 5 heteroatoms. The van der Waals surface area contributed by atoms with Crippen molar-refractivity contribution in [3.05, 3.63) is 0 Å². The number of ether oxygens (including phenoxy) is 2. The second-order valence-corrected chi connectivity index (χ2v) is 3.67. The van der Waals surface area contributed by atoms with E-state index in [1.807, 2.05) is 6.92 Å². The van der Waals surface area contributed by atoms with Crippen molar-refractivity contribution in [2.75, 3.05) is 13.2 Å². The summed E-state index contributed by atoms with van der Waals surface area (Å²) in [4.78, 5) is 22.3. The predicted octanol–water partition coefficient (Wildman–Crippen LogP) is 1.58. The fourth-order valence-electron chi connectivity index (χ4n) is 0.874. The van der Waals surface area contributed by atoms with Crippen LogP contribution in [0.4, 0.5) is 0 Å². The van der Waals surface area contributed by atoms with E-state index in [1.54, 1.807) is 6.92 Å². The predicted molar refractivity (Wildman–Crippen MR) is 59.9 cm³/mol. The lowest BCUT2D eigenvalue weighted by atomic mass is 10.3. The van der Waals surface area contributed by atoms with Crippen LogP contribution in [0.15, 0.2) is 0 Å². The van der Waals surface area contributed by atoms with Crippen molar-refractivity contribution in [1.29, 1.82) is 0 Å². The van der Waals surface area contributed by atoms with Crippen LogP contribution in [0.1, 0.15) is 33.1 Å². The highest BCUT2D eigenvalue weighted by Gasteiger charge is 2.19. The summed E-state index contributed by atoms with van der Waals surface area (Å²) in [5.41, 5.74) is 0. The van der Waals surface area contributed by atoms with E-state index in [4.69, 9.17) is 9.47 Å². The van der Waals surface area contributed by atoms with Crippen molar-refractivity contribution in [3.8, 4) is 0 Å². The molecule has 0 fully saturated rings. The van der Waals surface area contributed by atoms with Crippen molar-refractivity contribution in [1.82, 2.24) is 0 Å². The molecule has 0 rings (SSSR count). The fraction of sp³-hybridized carbons (Fsp3) is 0.800. The molecular formula is C10H18O4S. The molecule has 0 bridgehead atoms. The molecule has 0 aromatic carbocycles. The van der Waals surface area contributed by atoms with Gasteiger partial charge in [0.2, 0.25) is 0 Å². The lowest BCUT2D eigenvalue weighted by Crippen LogP contribution is -2.22. The summed E-state index contributed by atoms with van der Waals surface area (Å²) >= 11 is 3.98. The molecule has 0 aliphatic rings. The minimum atomic E-state index is -0.721. The number of esters is 2. The van der Waals surface area contributed by atoms with Crippen LogP contribution in [0.25, 0.3) is 0 Å². The van der Waals surface area contributed by atoms with Gasteiger partial charge in [0.05, 0.1) is 19.6 Å². The summed E-state index contributed by atoms with van der Waals surface area (Å²) in [5, 5.41) is -0.721. The monoisotopic (exact) mass is 234 g/mol. The van der Waals surface area contributed by atoms with Gasteiger partial charge in [-0.2, -0.15) is 12.6 Å². The van der Waals surface area contributed by atoms with Gasteiger partial charge in [-0.15, -0.1) is 0 Å². The molecular weight excluding hydrogens is 216 g/mol. The molecule has 1 unspecified atom stereocenters. The number of unbranched alkanes of at least 4 members (excludes halogenated alkanes) is 1. The summed E-state index contributed by atoms with van der Waals surface area (Å²) in [6, 6.07) is 0. The Morgan fingerprint density at radius 1 is 1.27 bits per heavy atom. The maximum absolute atomic E-state index is 11.3. The minimum Gasteiger partial charge on any atom is -0.466 e. The molecule has 0 aromatic rings. The molecule has 0 spiro atoms. The van der Waals surface area contributed by atoms with E-state index in [-0.39, 0.29) is 6.42 Å². The maximum Gasteiger partial charge on any atom is 0.319 e. The Kier molecular flexibility index (Phi) is 8.18. The third-order valence-corrected chi connectivity index (χ3v) is 2.07. The zero-order valence-electron chi connectivity index (χ0n) is 9.19. The maximum atomic E-state index is 11.3. The van der Waals surface area contributed by atoms with Gasteiger partial charge in [0, 0.05) is 0 Å². The minimum absolute atomic E-state index is 0.0398. The fourth-order valence-corrected chi connectivity index (χ4v) is 1.10. The molecule has 0 heterocycles. The highest BCUT2D eigenvalue weighted by Crippen LogP contribution is 2.06. The molecule has 0 N–H and O–H groups in total. The van der Waals surface area contributed by atoms with E-state index >= 15 is 0 Å². The van der Waals surface area contributed by atoms with Crippen molar-refractivity contribution in [2.45, 2.75) is 38.4 Å². The van der Waals surface area contributed by atoms with E-state index < -0.39 is 17.2 Å². The van der Waals surface area contributed by atoms with Crippen LogP contribution in [-0.2, 0) is 19.1 Å². The van der Waals surface area contributed by atoms with Crippen LogP contribution in [-0.4, -0.2) is 30.4 Å². The normalized spacial score (nSPS) is 11.9. The third-order valence-electron chi connectivity index (χ3n) is 1.68. The number of hydrogen-bond donors (Lipinski definition) is 1. The van der Waals surface area contributed by atoms with Crippen LogP contribution >= 0.6 is 12.6 Å². The van der Waals surface area contributed by atoms with Crippen LogP contribution in [0.3, 0.4) is 0 Å². The Balaban J connectivity index is 3.73. The van der Waals surface area contributed by atoms with Gasteiger partial charge < -0.3 is 9.47 Å². The first kappa shape index (κ1) is 14.3. The van der Waals surface area contributed by atoms with E-state index in [9.17, 15) is 9.59 Å². The summed E-state index contributed by atoms with van der Waals surface area (Å²) in [6.07, 6.45) is 1.75. The molecule has 0 amide bonds. The molecule has 88 valence electrons. The zero-order chi connectivity index (χ0) is 11.7. The first-order chi connectivity index (χ1) is 7.11. The van der Waals surface area contributed by atoms with Crippen molar-refractivity contribution in [3.63, 3.8) is 0 Å². The Labute approximate surface area is 95.7 Å². The highest BCUT2D eigenvalue weighted by molar-refractivity contribution is 7.81. The smallest absolute Gasteiger partial charge is 0.319 e. The molecule has 15 heavy (non-hydrogen) atoms. The summed E-state index contributed by atoms with van der Waals surface area (Å²) in [6.45, 7) is 4.41. The zero-order valence-corrected chi connectivity index (χ0v) is 10.1. The first-order valence-corrected chi connectivity index (χ1v) is 5.63. The second-order valence-electron chi connectivity index (χ2n) is 3.05. The Bertz CT molecular complexity index is 206.